The molecule has 3 rings (SSSR count). The van der Waals surface area contributed by atoms with Crippen molar-refractivity contribution in [3.63, 3.8) is 0 Å². The number of pyridine rings is 1. The first kappa shape index (κ1) is 18.6. The lowest BCUT2D eigenvalue weighted by molar-refractivity contribution is 0.0662. The third-order valence-corrected chi connectivity index (χ3v) is 4.80. The monoisotopic (exact) mass is 374 g/mol. The molecule has 0 bridgehead atoms. The molecule has 7 heteroatoms. The Kier molecular flexibility index (Phi) is 6.03. The van der Waals surface area contributed by atoms with Crippen molar-refractivity contribution in [3.05, 3.63) is 65.5 Å². The number of Topliss-reactive ketones (excluding diaryl/α,β-unsaturated/α-hetero) is 1. The summed E-state index contributed by atoms with van der Waals surface area (Å²) < 4.78 is 21.4. The largest absolute Gasteiger partial charge is 0.394 e. The third-order valence-electron chi connectivity index (χ3n) is 4.08. The van der Waals surface area contributed by atoms with Gasteiger partial charge in [-0.25, -0.2) is 9.37 Å². The highest BCUT2D eigenvalue weighted by Crippen LogP contribution is 2.23. The number of aliphatic hydroxyl groups is 1. The number of hydrogen-bond donors (Lipinski definition) is 1. The van der Waals surface area contributed by atoms with Crippen molar-refractivity contribution in [3.8, 4) is 0 Å². The smallest absolute Gasteiger partial charge is 0.190 e. The molecule has 0 aliphatic carbocycles. The molecule has 0 aliphatic heterocycles. The van der Waals surface area contributed by atoms with Gasteiger partial charge in [-0.3, -0.25) is 4.79 Å². The zero-order chi connectivity index (χ0) is 18.5. The second-order valence-electron chi connectivity index (χ2n) is 5.72. The van der Waals surface area contributed by atoms with Crippen molar-refractivity contribution in [2.24, 2.45) is 0 Å². The summed E-state index contributed by atoms with van der Waals surface area (Å²) in [6, 6.07) is 8.62. The standard InChI is InChI=1S/C19H19FN2O3S/c1-26-15-4-2-13(17(20)9-15)8-18-16(19(24)11-25-7-6-23)5-3-14-10-21-12-22(14)18/h2-5,9-10,12,23H,6-8,11H2,1H3. The number of halogens is 1. The number of aromatic nitrogens is 2. The Morgan fingerprint density at radius 2 is 2.19 bits per heavy atom. The van der Waals surface area contributed by atoms with Gasteiger partial charge in [0, 0.05) is 22.6 Å². The van der Waals surface area contributed by atoms with Crippen molar-refractivity contribution < 1.29 is 19.0 Å². The van der Waals surface area contributed by atoms with Gasteiger partial charge in [-0.15, -0.1) is 11.8 Å². The highest BCUT2D eigenvalue weighted by Gasteiger charge is 2.17. The van der Waals surface area contributed by atoms with Crippen LogP contribution in [0.3, 0.4) is 0 Å². The van der Waals surface area contributed by atoms with Crippen LogP contribution in [-0.2, 0) is 11.2 Å². The number of ketones is 1. The second-order valence-corrected chi connectivity index (χ2v) is 6.60. The average molecular weight is 374 g/mol. The minimum atomic E-state index is -0.302. The van der Waals surface area contributed by atoms with E-state index >= 15 is 0 Å². The maximum atomic E-state index is 14.5. The Morgan fingerprint density at radius 3 is 2.92 bits per heavy atom. The van der Waals surface area contributed by atoms with E-state index in [1.165, 1.54) is 17.8 Å². The van der Waals surface area contributed by atoms with Crippen LogP contribution in [0.1, 0.15) is 21.6 Å². The number of rotatable bonds is 8. The molecule has 2 heterocycles. The first-order chi connectivity index (χ1) is 12.6. The summed E-state index contributed by atoms with van der Waals surface area (Å²) in [7, 11) is 0. The molecule has 26 heavy (non-hydrogen) atoms. The Morgan fingerprint density at radius 1 is 1.35 bits per heavy atom. The summed E-state index contributed by atoms with van der Waals surface area (Å²) in [5.41, 5.74) is 2.46. The first-order valence-corrected chi connectivity index (χ1v) is 9.34. The van der Waals surface area contributed by atoms with Crippen LogP contribution in [0.15, 0.2) is 47.8 Å². The van der Waals surface area contributed by atoms with Gasteiger partial charge in [0.2, 0.25) is 0 Å². The van der Waals surface area contributed by atoms with Gasteiger partial charge in [-0.05, 0) is 36.1 Å². The number of aliphatic hydroxyl groups excluding tert-OH is 1. The zero-order valence-corrected chi connectivity index (χ0v) is 15.1. The van der Waals surface area contributed by atoms with Crippen LogP contribution in [0, 0.1) is 5.82 Å². The lowest BCUT2D eigenvalue weighted by Gasteiger charge is -2.13. The lowest BCUT2D eigenvalue weighted by atomic mass is 10.0. The van der Waals surface area contributed by atoms with Gasteiger partial charge >= 0.3 is 0 Å². The molecule has 136 valence electrons. The molecular weight excluding hydrogens is 355 g/mol. The number of hydrogen-bond acceptors (Lipinski definition) is 5. The van der Waals surface area contributed by atoms with Crippen molar-refractivity contribution in [1.29, 1.82) is 0 Å². The van der Waals surface area contributed by atoms with E-state index in [-0.39, 0.29) is 37.8 Å². The molecule has 0 aliphatic rings. The first-order valence-electron chi connectivity index (χ1n) is 8.12. The molecule has 3 aromatic rings. The third kappa shape index (κ3) is 3.95. The van der Waals surface area contributed by atoms with Gasteiger partial charge < -0.3 is 14.2 Å². The number of ether oxygens (including phenoxy) is 1. The number of nitrogens with zero attached hydrogens (tertiary/aromatic N) is 2. The van der Waals surface area contributed by atoms with Gasteiger partial charge in [0.05, 0.1) is 31.3 Å². The van der Waals surface area contributed by atoms with Gasteiger partial charge in [0.1, 0.15) is 12.4 Å². The van der Waals surface area contributed by atoms with Gasteiger partial charge in [0.15, 0.2) is 5.78 Å². The van der Waals surface area contributed by atoms with E-state index in [0.29, 0.717) is 16.8 Å². The molecule has 0 radical (unpaired) electrons. The normalized spacial score (nSPS) is 11.2. The van der Waals surface area contributed by atoms with Crippen molar-refractivity contribution in [2.45, 2.75) is 11.3 Å². The maximum absolute atomic E-state index is 14.5. The van der Waals surface area contributed by atoms with Gasteiger partial charge in [-0.2, -0.15) is 0 Å². The average Bonchev–Trinajstić information content (AvgIpc) is 3.12. The van der Waals surface area contributed by atoms with Crippen molar-refractivity contribution in [2.75, 3.05) is 26.1 Å². The SMILES string of the molecule is CSc1ccc(Cc2c(C(=O)COCCO)ccc3cncn23)c(F)c1. The topological polar surface area (TPSA) is 63.8 Å². The fourth-order valence-electron chi connectivity index (χ4n) is 2.77. The van der Waals surface area contributed by atoms with Gasteiger partial charge in [-0.1, -0.05) is 6.07 Å². The maximum Gasteiger partial charge on any atom is 0.190 e. The molecule has 0 saturated carbocycles. The molecule has 0 spiro atoms. The molecule has 1 N–H and O–H groups in total. The summed E-state index contributed by atoms with van der Waals surface area (Å²) in [5.74, 6) is -0.519. The molecule has 0 amide bonds. The summed E-state index contributed by atoms with van der Waals surface area (Å²) in [4.78, 5) is 17.5. The Balaban J connectivity index is 1.98. The van der Waals surface area contributed by atoms with Crippen LogP contribution in [0.25, 0.3) is 5.52 Å². The second kappa shape index (κ2) is 8.44. The molecule has 0 atom stereocenters. The predicted molar refractivity (Wildman–Crippen MR) is 98.4 cm³/mol. The Hall–Kier alpha value is -2.22. The number of benzene rings is 1. The van der Waals surface area contributed by atoms with Crippen molar-refractivity contribution in [1.82, 2.24) is 9.38 Å². The van der Waals surface area contributed by atoms with Crippen LogP contribution >= 0.6 is 11.8 Å². The zero-order valence-electron chi connectivity index (χ0n) is 14.3. The molecular formula is C19H19FN2O3S. The Bertz CT molecular complexity index is 926. The predicted octanol–water partition coefficient (Wildman–Crippen LogP) is 2.98. The van der Waals surface area contributed by atoms with Crippen LogP contribution < -0.4 is 0 Å². The number of carbonyl (C=O) groups is 1. The number of imidazole rings is 1. The van der Waals surface area contributed by atoms with Crippen molar-refractivity contribution >= 4 is 23.1 Å². The van der Waals surface area contributed by atoms with E-state index in [1.54, 1.807) is 35.1 Å². The van der Waals surface area contributed by atoms with Crippen LogP contribution in [0.2, 0.25) is 0 Å². The lowest BCUT2D eigenvalue weighted by Crippen LogP contribution is -2.16. The molecule has 0 unspecified atom stereocenters. The summed E-state index contributed by atoms with van der Waals surface area (Å²) in [6.45, 7) is -0.186. The highest BCUT2D eigenvalue weighted by atomic mass is 32.2. The van der Waals surface area contributed by atoms with Crippen LogP contribution in [-0.4, -0.2) is 46.4 Å². The minimum absolute atomic E-state index is 0.0964. The molecule has 0 fully saturated rings. The molecule has 2 aromatic heterocycles. The van der Waals surface area contributed by atoms with E-state index in [9.17, 15) is 9.18 Å². The van der Waals surface area contributed by atoms with Gasteiger partial charge in [0.25, 0.3) is 0 Å². The molecule has 5 nitrogen and oxygen atoms in total. The fraction of sp³-hybridized carbons (Fsp3) is 0.263. The van der Waals surface area contributed by atoms with Crippen LogP contribution in [0.4, 0.5) is 4.39 Å². The highest BCUT2D eigenvalue weighted by molar-refractivity contribution is 7.98. The number of fused-ring (bicyclic) bond motifs is 1. The van der Waals surface area contributed by atoms with E-state index in [2.05, 4.69) is 4.98 Å². The molecule has 1 aromatic carbocycles. The minimum Gasteiger partial charge on any atom is -0.394 e. The van der Waals surface area contributed by atoms with E-state index in [1.807, 2.05) is 12.3 Å². The van der Waals surface area contributed by atoms with E-state index in [4.69, 9.17) is 9.84 Å². The quantitative estimate of drug-likeness (QED) is 0.373. The van der Waals surface area contributed by atoms with Crippen LogP contribution in [0.5, 0.6) is 0 Å². The number of thioether (sulfide) groups is 1. The summed E-state index contributed by atoms with van der Waals surface area (Å²) >= 11 is 1.47. The number of carbonyl (C=O) groups excluding carboxylic acids is 1. The fourth-order valence-corrected chi connectivity index (χ4v) is 3.19. The summed E-state index contributed by atoms with van der Waals surface area (Å²) in [6.07, 6.45) is 5.45. The van der Waals surface area contributed by atoms with E-state index < -0.39 is 0 Å². The Labute approximate surface area is 154 Å². The summed E-state index contributed by atoms with van der Waals surface area (Å²) in [5, 5.41) is 8.79. The molecule has 0 saturated heterocycles. The van der Waals surface area contributed by atoms with E-state index in [0.717, 1.165) is 10.4 Å².